The van der Waals surface area contributed by atoms with Crippen LogP contribution < -0.4 is 11.1 Å². The molecule has 1 heterocycles. The maximum Gasteiger partial charge on any atom is 0.101 e. The molecule has 0 fully saturated rings. The summed E-state index contributed by atoms with van der Waals surface area (Å²) in [6.45, 7) is 10.4. The predicted octanol–water partition coefficient (Wildman–Crippen LogP) is 10.3. The Kier molecular flexibility index (Phi) is 6.50. The molecule has 5 aromatic rings. The maximum atomic E-state index is 7.02. The van der Waals surface area contributed by atoms with Gasteiger partial charge in [0, 0.05) is 26.2 Å². The fourth-order valence-electron chi connectivity index (χ4n) is 6.80. The lowest BCUT2D eigenvalue weighted by Crippen LogP contribution is -2.29. The van der Waals surface area contributed by atoms with E-state index in [0.717, 1.165) is 41.0 Å². The van der Waals surface area contributed by atoms with Gasteiger partial charge in [-0.25, -0.2) is 0 Å². The van der Waals surface area contributed by atoms with Gasteiger partial charge < -0.3 is 11.1 Å². The van der Waals surface area contributed by atoms with E-state index in [9.17, 15) is 0 Å². The molecule has 1 aromatic heterocycles. The van der Waals surface area contributed by atoms with Crippen molar-refractivity contribution < 1.29 is 0 Å². The smallest absolute Gasteiger partial charge is 0.101 e. The Balaban J connectivity index is 1.39. The molecule has 2 aliphatic rings. The first-order chi connectivity index (χ1) is 20.1. The first-order valence-corrected chi connectivity index (χ1v) is 15.3. The molecule has 2 unspecified atom stereocenters. The van der Waals surface area contributed by atoms with Crippen LogP contribution in [0.25, 0.3) is 61.0 Å². The highest BCUT2D eigenvalue weighted by Crippen LogP contribution is 2.49. The zero-order valence-corrected chi connectivity index (χ0v) is 24.2. The van der Waals surface area contributed by atoms with Crippen molar-refractivity contribution in [2.75, 3.05) is 0 Å². The largest absolute Gasteiger partial charge is 0.365 e. The van der Waals surface area contributed by atoms with E-state index in [4.69, 9.17) is 5.73 Å². The van der Waals surface area contributed by atoms with E-state index in [0.29, 0.717) is 5.92 Å². The standard InChI is InChI=1S/C38H34N2S/c1-4-23-12-7-8-13-26(23)37(40-38(39)24-18-21-35-33(22-24)25(5-2)34(6-3)41-35)32-20-19-31-28-15-10-9-14-27(28)29-16-11-17-30(32)36(29)31/h5-6,8-11,13-23,38,40H,2-4,7,12,39H2,1H3/b37-26-. The molecule has 0 amide bonds. The van der Waals surface area contributed by atoms with Crippen molar-refractivity contribution in [2.45, 2.75) is 32.4 Å². The van der Waals surface area contributed by atoms with Crippen molar-refractivity contribution in [2.24, 2.45) is 11.7 Å². The molecule has 0 saturated carbocycles. The van der Waals surface area contributed by atoms with Crippen LogP contribution in [-0.4, -0.2) is 0 Å². The Morgan fingerprint density at radius 3 is 2.49 bits per heavy atom. The summed E-state index contributed by atoms with van der Waals surface area (Å²) in [7, 11) is 0. The second-order valence-corrected chi connectivity index (χ2v) is 12.1. The van der Waals surface area contributed by atoms with E-state index in [-0.39, 0.29) is 6.17 Å². The normalized spacial score (nSPS) is 17.5. The molecule has 3 N–H and O–H groups in total. The van der Waals surface area contributed by atoms with E-state index in [1.807, 2.05) is 12.2 Å². The van der Waals surface area contributed by atoms with Crippen LogP contribution in [-0.2, 0) is 0 Å². The quantitative estimate of drug-likeness (QED) is 0.194. The van der Waals surface area contributed by atoms with Gasteiger partial charge in [-0.3, -0.25) is 0 Å². The Labute approximate surface area is 246 Å². The molecule has 41 heavy (non-hydrogen) atoms. The maximum absolute atomic E-state index is 7.02. The van der Waals surface area contributed by atoms with Gasteiger partial charge in [-0.2, -0.15) is 0 Å². The van der Waals surface area contributed by atoms with E-state index >= 15 is 0 Å². The summed E-state index contributed by atoms with van der Waals surface area (Å²) in [5.74, 6) is 0.483. The van der Waals surface area contributed by atoms with Gasteiger partial charge in [0.25, 0.3) is 0 Å². The number of fused-ring (bicyclic) bond motifs is 4. The fraction of sp³-hybridized carbons (Fsp3) is 0.158. The van der Waals surface area contributed by atoms with Gasteiger partial charge in [0.15, 0.2) is 0 Å². The van der Waals surface area contributed by atoms with Crippen LogP contribution in [0.15, 0.2) is 104 Å². The fourth-order valence-corrected chi connectivity index (χ4v) is 7.84. The Morgan fingerprint density at radius 2 is 1.73 bits per heavy atom. The minimum atomic E-state index is -0.375. The lowest BCUT2D eigenvalue weighted by molar-refractivity contribution is 0.541. The topological polar surface area (TPSA) is 38.0 Å². The molecule has 0 radical (unpaired) electrons. The summed E-state index contributed by atoms with van der Waals surface area (Å²) in [4.78, 5) is 1.14. The highest BCUT2D eigenvalue weighted by Gasteiger charge is 2.26. The number of nitrogens with two attached hydrogens (primary N) is 1. The van der Waals surface area contributed by atoms with Gasteiger partial charge in [0.2, 0.25) is 0 Å². The lowest BCUT2D eigenvalue weighted by Gasteiger charge is -2.28. The van der Waals surface area contributed by atoms with Crippen LogP contribution in [0.4, 0.5) is 0 Å². The number of rotatable bonds is 7. The number of hydrogen-bond donors (Lipinski definition) is 2. The molecule has 0 spiro atoms. The molecule has 2 atom stereocenters. The van der Waals surface area contributed by atoms with Gasteiger partial charge >= 0.3 is 0 Å². The van der Waals surface area contributed by atoms with Crippen LogP contribution in [0.1, 0.15) is 53.9 Å². The molecule has 7 rings (SSSR count). The van der Waals surface area contributed by atoms with Crippen molar-refractivity contribution in [1.29, 1.82) is 0 Å². The summed E-state index contributed by atoms with van der Waals surface area (Å²) >= 11 is 1.74. The first-order valence-electron chi connectivity index (χ1n) is 14.5. The van der Waals surface area contributed by atoms with E-state index in [1.54, 1.807) is 11.3 Å². The van der Waals surface area contributed by atoms with Crippen molar-refractivity contribution in [3.8, 4) is 22.3 Å². The van der Waals surface area contributed by atoms with Crippen molar-refractivity contribution in [1.82, 2.24) is 5.32 Å². The van der Waals surface area contributed by atoms with Crippen molar-refractivity contribution in [3.63, 3.8) is 0 Å². The molecule has 3 heteroatoms. The average Bonchev–Trinajstić information content (AvgIpc) is 3.56. The van der Waals surface area contributed by atoms with Crippen LogP contribution in [0.5, 0.6) is 0 Å². The van der Waals surface area contributed by atoms with Gasteiger partial charge in [-0.15, -0.1) is 11.3 Å². The number of hydrogen-bond acceptors (Lipinski definition) is 3. The molecule has 0 bridgehead atoms. The van der Waals surface area contributed by atoms with Crippen molar-refractivity contribution in [3.05, 3.63) is 125 Å². The van der Waals surface area contributed by atoms with Crippen LogP contribution in [0.2, 0.25) is 0 Å². The van der Waals surface area contributed by atoms with Crippen LogP contribution in [0, 0.1) is 5.92 Å². The van der Waals surface area contributed by atoms with E-state index < -0.39 is 0 Å². The highest BCUT2D eigenvalue weighted by atomic mass is 32.1. The predicted molar refractivity (Wildman–Crippen MR) is 180 cm³/mol. The third kappa shape index (κ3) is 4.11. The second-order valence-electron chi connectivity index (χ2n) is 11.0. The van der Waals surface area contributed by atoms with Crippen LogP contribution >= 0.6 is 11.3 Å². The van der Waals surface area contributed by atoms with Crippen LogP contribution in [0.3, 0.4) is 0 Å². The Morgan fingerprint density at radius 1 is 0.951 bits per heavy atom. The summed E-state index contributed by atoms with van der Waals surface area (Å²) in [5, 5.41) is 7.62. The van der Waals surface area contributed by atoms with E-state index in [1.165, 1.54) is 54.2 Å². The highest BCUT2D eigenvalue weighted by molar-refractivity contribution is 7.20. The monoisotopic (exact) mass is 550 g/mol. The lowest BCUT2D eigenvalue weighted by atomic mass is 9.83. The molecular weight excluding hydrogens is 516 g/mol. The minimum absolute atomic E-state index is 0.375. The number of nitrogens with one attached hydrogen (secondary N) is 1. The van der Waals surface area contributed by atoms with Gasteiger partial charge in [0.05, 0.1) is 0 Å². The summed E-state index contributed by atoms with van der Waals surface area (Å²) < 4.78 is 1.22. The Hall–Kier alpha value is -4.18. The molecule has 0 aliphatic heterocycles. The minimum Gasteiger partial charge on any atom is -0.365 e. The molecular formula is C38H34N2S. The van der Waals surface area contributed by atoms with E-state index in [2.05, 4.69) is 110 Å². The third-order valence-electron chi connectivity index (χ3n) is 8.85. The number of thiophene rings is 1. The molecule has 4 aromatic carbocycles. The number of allylic oxidation sites excluding steroid dienone is 3. The van der Waals surface area contributed by atoms with Gasteiger partial charge in [-0.1, -0.05) is 105 Å². The first kappa shape index (κ1) is 25.8. The SMILES string of the molecule is C=Cc1sc2ccc(C(N)N/C(=C3/C=CCCC3CC)c3ccc4c5c(cccc35)-c3ccccc3-4)cc2c1C=C. The third-order valence-corrected chi connectivity index (χ3v) is 10.0. The molecule has 2 nitrogen and oxygen atoms in total. The number of benzene rings is 4. The average molecular weight is 551 g/mol. The second kappa shape index (κ2) is 10.3. The van der Waals surface area contributed by atoms with Gasteiger partial charge in [-0.05, 0) is 87.0 Å². The summed E-state index contributed by atoms with van der Waals surface area (Å²) in [6, 6.07) is 26.6. The molecule has 2 aliphatic carbocycles. The zero-order chi connectivity index (χ0) is 28.1. The molecule has 0 saturated heterocycles. The Bertz CT molecular complexity index is 1890. The zero-order valence-electron chi connectivity index (χ0n) is 23.4. The van der Waals surface area contributed by atoms with Gasteiger partial charge in [0.1, 0.15) is 6.17 Å². The summed E-state index contributed by atoms with van der Waals surface area (Å²) in [5.41, 5.74) is 18.2. The molecule has 202 valence electrons. The van der Waals surface area contributed by atoms with Crippen molar-refractivity contribution >= 4 is 50.0 Å². The summed E-state index contributed by atoms with van der Waals surface area (Å²) in [6.07, 6.45) is 11.5.